The molecule has 3 atom stereocenters. The molecule has 0 aromatic heterocycles. The van der Waals surface area contributed by atoms with Crippen LogP contribution in [0.2, 0.25) is 0 Å². The zero-order valence-corrected chi connectivity index (χ0v) is 17.3. The number of benzene rings is 2. The van der Waals surface area contributed by atoms with E-state index in [0.717, 1.165) is 11.1 Å². The molecule has 1 unspecified atom stereocenters. The summed E-state index contributed by atoms with van der Waals surface area (Å²) in [4.78, 5) is 37.9. The van der Waals surface area contributed by atoms with E-state index in [4.69, 9.17) is 4.74 Å². The maximum Gasteiger partial charge on any atom is 0.408 e. The molecule has 1 saturated heterocycles. The predicted octanol–water partition coefficient (Wildman–Crippen LogP) is 3.46. The summed E-state index contributed by atoms with van der Waals surface area (Å²) in [6.45, 7) is 1.94. The number of rotatable bonds is 9. The topological polar surface area (TPSA) is 95.9 Å². The van der Waals surface area contributed by atoms with Gasteiger partial charge in [0.05, 0.1) is 12.5 Å². The molecule has 1 heterocycles. The van der Waals surface area contributed by atoms with E-state index < -0.39 is 30.2 Å². The molecule has 1 aliphatic rings. The monoisotopic (exact) mass is 422 g/mol. The number of likely N-dealkylation sites (tertiary alicyclic amines) is 1. The third-order valence-corrected chi connectivity index (χ3v) is 5.23. The van der Waals surface area contributed by atoms with Crippen LogP contribution in [0.25, 0.3) is 6.08 Å². The summed E-state index contributed by atoms with van der Waals surface area (Å²) in [5.74, 6) is -1.28. The highest BCUT2D eigenvalue weighted by atomic mass is 16.5. The smallest absolute Gasteiger partial charge is 0.408 e. The molecular weight excluding hydrogens is 396 g/mol. The van der Waals surface area contributed by atoms with Gasteiger partial charge in [-0.05, 0) is 17.5 Å². The Morgan fingerprint density at radius 1 is 1.13 bits per heavy atom. The Morgan fingerprint density at radius 2 is 1.77 bits per heavy atom. The molecule has 1 fully saturated rings. The maximum atomic E-state index is 12.8. The first kappa shape index (κ1) is 22.1. The molecule has 2 amide bonds. The van der Waals surface area contributed by atoms with E-state index in [-0.39, 0.29) is 18.9 Å². The van der Waals surface area contributed by atoms with Gasteiger partial charge in [-0.25, -0.2) is 4.79 Å². The number of hydrogen-bond acceptors (Lipinski definition) is 4. The molecule has 7 nitrogen and oxygen atoms in total. The molecule has 2 N–H and O–H groups in total. The van der Waals surface area contributed by atoms with E-state index in [1.54, 1.807) is 0 Å². The van der Waals surface area contributed by atoms with E-state index >= 15 is 0 Å². The van der Waals surface area contributed by atoms with Crippen LogP contribution < -0.4 is 5.32 Å². The number of ether oxygens (including phenoxy) is 1. The fourth-order valence-electron chi connectivity index (χ4n) is 3.61. The molecule has 3 rings (SSSR count). The van der Waals surface area contributed by atoms with Crippen LogP contribution >= 0.6 is 0 Å². The number of carboxylic acids is 1. The van der Waals surface area contributed by atoms with Crippen molar-refractivity contribution < 1.29 is 24.2 Å². The quantitative estimate of drug-likeness (QED) is 0.604. The molecule has 31 heavy (non-hydrogen) atoms. The van der Waals surface area contributed by atoms with Crippen molar-refractivity contribution in [3.63, 3.8) is 0 Å². The maximum absolute atomic E-state index is 12.8. The molecule has 7 heteroatoms. The Bertz CT molecular complexity index is 930. The summed E-state index contributed by atoms with van der Waals surface area (Å²) in [5.41, 5.74) is 1.78. The SMILES string of the molecule is CCC(CC(=O)O)N1C(=O)[C@@H](NC(=O)OCc2ccccc2)[C@H]1C=Cc1ccccc1. The average Bonchev–Trinajstić information content (AvgIpc) is 2.78. The summed E-state index contributed by atoms with van der Waals surface area (Å²) in [6.07, 6.45) is 3.35. The lowest BCUT2D eigenvalue weighted by molar-refractivity contribution is -0.154. The van der Waals surface area contributed by atoms with Gasteiger partial charge in [0.15, 0.2) is 0 Å². The Labute approximate surface area is 181 Å². The Morgan fingerprint density at radius 3 is 2.39 bits per heavy atom. The molecule has 0 bridgehead atoms. The van der Waals surface area contributed by atoms with Gasteiger partial charge in [-0.1, -0.05) is 79.7 Å². The molecule has 2 aromatic carbocycles. The van der Waals surface area contributed by atoms with Gasteiger partial charge < -0.3 is 20.1 Å². The second kappa shape index (κ2) is 10.4. The van der Waals surface area contributed by atoms with Gasteiger partial charge in [0.1, 0.15) is 12.6 Å². The van der Waals surface area contributed by atoms with Crippen molar-refractivity contribution in [2.75, 3.05) is 0 Å². The number of carboxylic acid groups (broad SMARTS) is 1. The number of carbonyl (C=O) groups excluding carboxylic acids is 2. The van der Waals surface area contributed by atoms with E-state index in [2.05, 4.69) is 5.32 Å². The first-order valence-corrected chi connectivity index (χ1v) is 10.2. The minimum atomic E-state index is -0.968. The van der Waals surface area contributed by atoms with Crippen LogP contribution in [0.5, 0.6) is 0 Å². The van der Waals surface area contributed by atoms with Crippen LogP contribution in [-0.4, -0.2) is 46.1 Å². The molecule has 0 spiro atoms. The fraction of sp³-hybridized carbons (Fsp3) is 0.292. The number of aliphatic carboxylic acids is 1. The van der Waals surface area contributed by atoms with Crippen molar-refractivity contribution >= 4 is 24.0 Å². The van der Waals surface area contributed by atoms with Gasteiger partial charge in [0.25, 0.3) is 0 Å². The van der Waals surface area contributed by atoms with Gasteiger partial charge in [0, 0.05) is 6.04 Å². The summed E-state index contributed by atoms with van der Waals surface area (Å²) in [5, 5.41) is 11.8. The van der Waals surface area contributed by atoms with Gasteiger partial charge >= 0.3 is 12.1 Å². The predicted molar refractivity (Wildman–Crippen MR) is 116 cm³/mol. The Balaban J connectivity index is 1.70. The van der Waals surface area contributed by atoms with E-state index in [9.17, 15) is 19.5 Å². The standard InChI is InChI=1S/C24H26N2O5/c1-2-19(15-21(27)28)26-20(14-13-17-9-5-3-6-10-17)22(23(26)29)25-24(30)31-16-18-11-7-4-8-12-18/h3-14,19-20,22H,2,15-16H2,1H3,(H,25,30)(H,27,28)/t19?,20-,22+/m1/s1. The van der Waals surface area contributed by atoms with Crippen molar-refractivity contribution in [3.05, 3.63) is 77.9 Å². The van der Waals surface area contributed by atoms with E-state index in [1.165, 1.54) is 4.90 Å². The van der Waals surface area contributed by atoms with Crippen molar-refractivity contribution in [2.45, 2.75) is 44.5 Å². The molecule has 0 saturated carbocycles. The zero-order chi connectivity index (χ0) is 22.2. The molecule has 0 radical (unpaired) electrons. The largest absolute Gasteiger partial charge is 0.481 e. The summed E-state index contributed by atoms with van der Waals surface area (Å²) in [7, 11) is 0. The minimum Gasteiger partial charge on any atom is -0.481 e. The van der Waals surface area contributed by atoms with Crippen LogP contribution in [0.4, 0.5) is 4.79 Å². The number of carbonyl (C=O) groups is 3. The third kappa shape index (κ3) is 5.72. The highest BCUT2D eigenvalue weighted by Crippen LogP contribution is 2.28. The fourth-order valence-corrected chi connectivity index (χ4v) is 3.61. The second-order valence-electron chi connectivity index (χ2n) is 7.35. The van der Waals surface area contributed by atoms with Crippen LogP contribution in [0.1, 0.15) is 30.9 Å². The molecule has 162 valence electrons. The average molecular weight is 422 g/mol. The highest BCUT2D eigenvalue weighted by molar-refractivity contribution is 5.94. The van der Waals surface area contributed by atoms with Crippen LogP contribution in [0, 0.1) is 0 Å². The van der Waals surface area contributed by atoms with Crippen molar-refractivity contribution in [3.8, 4) is 0 Å². The summed E-state index contributed by atoms with van der Waals surface area (Å²) in [6, 6.07) is 17.1. The van der Waals surface area contributed by atoms with Crippen molar-refractivity contribution in [1.82, 2.24) is 10.2 Å². The highest BCUT2D eigenvalue weighted by Gasteiger charge is 2.49. The van der Waals surface area contributed by atoms with Crippen LogP contribution in [0.3, 0.4) is 0 Å². The second-order valence-corrected chi connectivity index (χ2v) is 7.35. The molecule has 0 aliphatic carbocycles. The lowest BCUT2D eigenvalue weighted by Gasteiger charge is -2.49. The molecular formula is C24H26N2O5. The number of alkyl carbamates (subject to hydrolysis) is 1. The molecule has 2 aromatic rings. The number of amides is 2. The molecule has 1 aliphatic heterocycles. The van der Waals surface area contributed by atoms with Gasteiger partial charge in [-0.15, -0.1) is 0 Å². The first-order chi connectivity index (χ1) is 15.0. The van der Waals surface area contributed by atoms with Crippen LogP contribution in [-0.2, 0) is 20.9 Å². The number of hydrogen-bond donors (Lipinski definition) is 2. The Kier molecular flexibility index (Phi) is 7.43. The third-order valence-electron chi connectivity index (χ3n) is 5.23. The van der Waals surface area contributed by atoms with Gasteiger partial charge in [0.2, 0.25) is 5.91 Å². The Hall–Kier alpha value is -3.61. The minimum absolute atomic E-state index is 0.0957. The van der Waals surface area contributed by atoms with Crippen molar-refractivity contribution in [2.24, 2.45) is 0 Å². The number of β-lactam (4-membered cyclic amide) rings is 1. The number of nitrogens with one attached hydrogen (secondary N) is 1. The number of nitrogens with zero attached hydrogens (tertiary/aromatic N) is 1. The lowest BCUT2D eigenvalue weighted by Crippen LogP contribution is -2.72. The van der Waals surface area contributed by atoms with Gasteiger partial charge in [-0.2, -0.15) is 0 Å². The summed E-state index contributed by atoms with van der Waals surface area (Å²) < 4.78 is 5.24. The zero-order valence-electron chi connectivity index (χ0n) is 17.3. The lowest BCUT2D eigenvalue weighted by atomic mass is 9.89. The van der Waals surface area contributed by atoms with Crippen LogP contribution in [0.15, 0.2) is 66.7 Å². The summed E-state index contributed by atoms with van der Waals surface area (Å²) >= 11 is 0. The van der Waals surface area contributed by atoms with E-state index in [0.29, 0.717) is 6.42 Å². The van der Waals surface area contributed by atoms with E-state index in [1.807, 2.05) is 79.7 Å². The first-order valence-electron chi connectivity index (χ1n) is 10.2. The normalized spacial score (nSPS) is 19.0. The van der Waals surface area contributed by atoms with Crippen molar-refractivity contribution in [1.29, 1.82) is 0 Å². The van der Waals surface area contributed by atoms with Gasteiger partial charge in [-0.3, -0.25) is 9.59 Å².